The summed E-state index contributed by atoms with van der Waals surface area (Å²) in [6, 6.07) is 0. The van der Waals surface area contributed by atoms with E-state index in [1.807, 2.05) is 0 Å². The number of rotatable bonds is 1. The van der Waals surface area contributed by atoms with Crippen molar-refractivity contribution in [2.75, 3.05) is 7.11 Å². The van der Waals surface area contributed by atoms with Crippen molar-refractivity contribution in [3.05, 3.63) is 0 Å². The summed E-state index contributed by atoms with van der Waals surface area (Å²) in [5.41, 5.74) is 0. The lowest BCUT2D eigenvalue weighted by Gasteiger charge is -2.10. The van der Waals surface area contributed by atoms with Gasteiger partial charge in [-0.2, -0.15) is 0 Å². The zero-order valence-electron chi connectivity index (χ0n) is 6.84. The maximum atomic E-state index is 11.1. The van der Waals surface area contributed by atoms with Crippen molar-refractivity contribution in [1.29, 1.82) is 0 Å². The number of esters is 1. The van der Waals surface area contributed by atoms with Crippen LogP contribution in [0.4, 0.5) is 0 Å². The van der Waals surface area contributed by atoms with E-state index in [1.54, 1.807) is 0 Å². The highest BCUT2D eigenvalue weighted by molar-refractivity contribution is 9.09. The zero-order chi connectivity index (χ0) is 8.43. The Morgan fingerprint density at radius 2 is 2.18 bits per heavy atom. The average Bonchev–Trinajstić information content (AvgIpc) is 2.28. The Bertz CT molecular complexity index is 158. The van der Waals surface area contributed by atoms with Crippen molar-refractivity contribution in [3.8, 4) is 0 Å². The first-order valence-corrected chi connectivity index (χ1v) is 4.78. The highest BCUT2D eigenvalue weighted by Gasteiger charge is 2.35. The van der Waals surface area contributed by atoms with E-state index >= 15 is 0 Å². The standard InChI is InChI=1S/C8H13BrO2/c1-5-3-6(9)4-7(5)8(10)11-2/h5-7H,3-4H2,1-2H3/t5-,6+,7+/m1/s1. The van der Waals surface area contributed by atoms with Crippen molar-refractivity contribution < 1.29 is 9.53 Å². The van der Waals surface area contributed by atoms with Crippen molar-refractivity contribution >= 4 is 21.9 Å². The highest BCUT2D eigenvalue weighted by atomic mass is 79.9. The van der Waals surface area contributed by atoms with Crippen LogP contribution in [0.15, 0.2) is 0 Å². The smallest absolute Gasteiger partial charge is 0.308 e. The van der Waals surface area contributed by atoms with Gasteiger partial charge in [-0.15, -0.1) is 0 Å². The van der Waals surface area contributed by atoms with Crippen LogP contribution in [0.25, 0.3) is 0 Å². The first kappa shape index (κ1) is 9.04. The second-order valence-electron chi connectivity index (χ2n) is 3.18. The number of methoxy groups -OCH3 is 1. The third-order valence-corrected chi connectivity index (χ3v) is 3.08. The molecule has 0 aromatic rings. The number of carbonyl (C=O) groups excluding carboxylic acids is 1. The maximum absolute atomic E-state index is 11.1. The molecule has 0 saturated heterocycles. The van der Waals surface area contributed by atoms with Crippen LogP contribution in [0, 0.1) is 11.8 Å². The molecule has 0 aromatic heterocycles. The molecule has 0 unspecified atom stereocenters. The fourth-order valence-corrected chi connectivity index (χ4v) is 2.64. The summed E-state index contributed by atoms with van der Waals surface area (Å²) in [5, 5.41) is 0. The molecule has 0 aliphatic heterocycles. The van der Waals surface area contributed by atoms with Crippen LogP contribution in [0.2, 0.25) is 0 Å². The van der Waals surface area contributed by atoms with E-state index in [4.69, 9.17) is 4.74 Å². The minimum atomic E-state index is -0.0561. The number of hydrogen-bond donors (Lipinski definition) is 0. The molecular formula is C8H13BrO2. The molecule has 1 rings (SSSR count). The normalized spacial score (nSPS) is 37.2. The summed E-state index contributed by atoms with van der Waals surface area (Å²) >= 11 is 3.51. The monoisotopic (exact) mass is 220 g/mol. The van der Waals surface area contributed by atoms with Crippen molar-refractivity contribution in [1.82, 2.24) is 0 Å². The van der Waals surface area contributed by atoms with E-state index in [9.17, 15) is 4.79 Å². The summed E-state index contributed by atoms with van der Waals surface area (Å²) in [6.45, 7) is 2.10. The van der Waals surface area contributed by atoms with E-state index in [0.29, 0.717) is 10.7 Å². The molecule has 64 valence electrons. The maximum Gasteiger partial charge on any atom is 0.308 e. The van der Waals surface area contributed by atoms with Gasteiger partial charge in [0.2, 0.25) is 0 Å². The van der Waals surface area contributed by atoms with Gasteiger partial charge in [0.1, 0.15) is 0 Å². The molecular weight excluding hydrogens is 208 g/mol. The number of carbonyl (C=O) groups is 1. The Morgan fingerprint density at radius 1 is 1.55 bits per heavy atom. The van der Waals surface area contributed by atoms with Crippen LogP contribution in [0.1, 0.15) is 19.8 Å². The molecule has 0 N–H and O–H groups in total. The fourth-order valence-electron chi connectivity index (χ4n) is 1.65. The van der Waals surface area contributed by atoms with Gasteiger partial charge in [0.25, 0.3) is 0 Å². The van der Waals surface area contributed by atoms with Crippen LogP contribution in [-0.2, 0) is 9.53 Å². The van der Waals surface area contributed by atoms with E-state index in [1.165, 1.54) is 7.11 Å². The molecule has 3 atom stereocenters. The fraction of sp³-hybridized carbons (Fsp3) is 0.875. The Kier molecular flexibility index (Phi) is 2.93. The first-order chi connectivity index (χ1) is 5.15. The average molecular weight is 221 g/mol. The summed E-state index contributed by atoms with van der Waals surface area (Å²) in [4.78, 5) is 11.6. The Labute approximate surface area is 75.4 Å². The van der Waals surface area contributed by atoms with Crippen molar-refractivity contribution in [3.63, 3.8) is 0 Å². The van der Waals surface area contributed by atoms with Gasteiger partial charge in [0, 0.05) is 4.83 Å². The highest BCUT2D eigenvalue weighted by Crippen LogP contribution is 2.36. The third kappa shape index (κ3) is 1.95. The summed E-state index contributed by atoms with van der Waals surface area (Å²) in [7, 11) is 1.45. The second kappa shape index (κ2) is 3.57. The molecule has 1 aliphatic rings. The second-order valence-corrected chi connectivity index (χ2v) is 4.47. The predicted molar refractivity (Wildman–Crippen MR) is 46.6 cm³/mol. The Balaban J connectivity index is 2.52. The lowest BCUT2D eigenvalue weighted by Crippen LogP contribution is -2.18. The Morgan fingerprint density at radius 3 is 2.55 bits per heavy atom. The van der Waals surface area contributed by atoms with Crippen LogP contribution in [0.3, 0.4) is 0 Å². The van der Waals surface area contributed by atoms with Crippen LogP contribution >= 0.6 is 15.9 Å². The summed E-state index contributed by atoms with van der Waals surface area (Å²) in [5.74, 6) is 0.524. The number of halogens is 1. The molecule has 0 bridgehead atoms. The molecule has 0 spiro atoms. The van der Waals surface area contributed by atoms with Gasteiger partial charge in [-0.1, -0.05) is 22.9 Å². The largest absolute Gasteiger partial charge is 0.469 e. The molecule has 1 aliphatic carbocycles. The minimum Gasteiger partial charge on any atom is -0.469 e. The van der Waals surface area contributed by atoms with Crippen LogP contribution in [-0.4, -0.2) is 17.9 Å². The molecule has 2 nitrogen and oxygen atoms in total. The van der Waals surface area contributed by atoms with Crippen LogP contribution < -0.4 is 0 Å². The van der Waals surface area contributed by atoms with Gasteiger partial charge in [-0.3, -0.25) is 4.79 Å². The SMILES string of the molecule is COC(=O)[C@H]1C[C@@H](Br)C[C@H]1C. The van der Waals surface area contributed by atoms with Crippen molar-refractivity contribution in [2.24, 2.45) is 11.8 Å². The lowest BCUT2D eigenvalue weighted by molar-refractivity contribution is -0.146. The van der Waals surface area contributed by atoms with Gasteiger partial charge < -0.3 is 4.74 Å². The lowest BCUT2D eigenvalue weighted by atomic mass is 9.99. The van der Waals surface area contributed by atoms with Gasteiger partial charge in [-0.25, -0.2) is 0 Å². The molecule has 0 radical (unpaired) electrons. The predicted octanol–water partition coefficient (Wildman–Crippen LogP) is 1.97. The van der Waals surface area contributed by atoms with Gasteiger partial charge in [0.15, 0.2) is 0 Å². The number of hydrogen-bond acceptors (Lipinski definition) is 2. The van der Waals surface area contributed by atoms with E-state index < -0.39 is 0 Å². The molecule has 0 heterocycles. The van der Waals surface area contributed by atoms with Gasteiger partial charge in [-0.05, 0) is 18.8 Å². The summed E-state index contributed by atoms with van der Waals surface area (Å²) < 4.78 is 4.69. The van der Waals surface area contributed by atoms with Crippen LogP contribution in [0.5, 0.6) is 0 Å². The molecule has 0 amide bonds. The first-order valence-electron chi connectivity index (χ1n) is 3.87. The number of ether oxygens (including phenoxy) is 1. The number of alkyl halides is 1. The minimum absolute atomic E-state index is 0.0561. The quantitative estimate of drug-likeness (QED) is 0.499. The van der Waals surface area contributed by atoms with E-state index in [-0.39, 0.29) is 11.9 Å². The molecule has 0 aromatic carbocycles. The van der Waals surface area contributed by atoms with Gasteiger partial charge >= 0.3 is 5.97 Å². The summed E-state index contributed by atoms with van der Waals surface area (Å²) in [6.07, 6.45) is 2.01. The van der Waals surface area contributed by atoms with Crippen molar-refractivity contribution in [2.45, 2.75) is 24.6 Å². The third-order valence-electron chi connectivity index (χ3n) is 2.33. The molecule has 3 heteroatoms. The molecule has 1 fully saturated rings. The molecule has 11 heavy (non-hydrogen) atoms. The zero-order valence-corrected chi connectivity index (χ0v) is 8.43. The van der Waals surface area contributed by atoms with E-state index in [2.05, 4.69) is 22.9 Å². The topological polar surface area (TPSA) is 26.3 Å². The van der Waals surface area contributed by atoms with Gasteiger partial charge in [0.05, 0.1) is 13.0 Å². The Hall–Kier alpha value is -0.0500. The van der Waals surface area contributed by atoms with E-state index in [0.717, 1.165) is 12.8 Å². The molecule has 1 saturated carbocycles.